The minimum Gasteiger partial charge on any atom is -0.301 e. The third-order valence-corrected chi connectivity index (χ3v) is 4.15. The van der Waals surface area contributed by atoms with Gasteiger partial charge < -0.3 is 4.90 Å². The number of hydrogen-bond donors (Lipinski definition) is 1. The van der Waals surface area contributed by atoms with E-state index >= 15 is 0 Å². The van der Waals surface area contributed by atoms with E-state index in [0.717, 1.165) is 6.42 Å². The Morgan fingerprint density at radius 1 is 1.39 bits per heavy atom. The van der Waals surface area contributed by atoms with Crippen molar-refractivity contribution < 1.29 is 0 Å². The fraction of sp³-hybridized carbons (Fsp3) is 0.933. The van der Waals surface area contributed by atoms with Crippen molar-refractivity contribution in [3.63, 3.8) is 0 Å². The first-order valence-electron chi connectivity index (χ1n) is 7.32. The summed E-state index contributed by atoms with van der Waals surface area (Å²) in [6, 6.07) is 4.08. The minimum absolute atomic E-state index is 0.374. The van der Waals surface area contributed by atoms with Crippen LogP contribution in [0.15, 0.2) is 0 Å². The molecule has 0 aliphatic heterocycles. The highest BCUT2D eigenvalue weighted by Gasteiger charge is 2.34. The number of rotatable bonds is 8. The second kappa shape index (κ2) is 6.54. The fourth-order valence-corrected chi connectivity index (χ4v) is 2.61. The molecule has 1 N–H and O–H groups in total. The Morgan fingerprint density at radius 3 is 2.44 bits per heavy atom. The molecule has 1 aliphatic carbocycles. The molecule has 18 heavy (non-hydrogen) atoms. The van der Waals surface area contributed by atoms with E-state index in [4.69, 9.17) is 0 Å². The van der Waals surface area contributed by atoms with Crippen molar-refractivity contribution >= 4 is 0 Å². The zero-order valence-electron chi connectivity index (χ0n) is 12.7. The van der Waals surface area contributed by atoms with E-state index in [2.05, 4.69) is 44.1 Å². The first-order chi connectivity index (χ1) is 8.41. The predicted octanol–water partition coefficient (Wildman–Crippen LogP) is 2.92. The molecule has 1 fully saturated rings. The summed E-state index contributed by atoms with van der Waals surface area (Å²) in [5, 5.41) is 12.9. The predicted molar refractivity (Wildman–Crippen MR) is 76.4 cm³/mol. The molecule has 0 amide bonds. The largest absolute Gasteiger partial charge is 0.301 e. The topological polar surface area (TPSA) is 39.1 Å². The normalized spacial score (nSPS) is 22.3. The Kier molecular flexibility index (Phi) is 5.62. The molecular weight excluding hydrogens is 222 g/mol. The van der Waals surface area contributed by atoms with E-state index in [1.54, 1.807) is 0 Å². The second-order valence-electron chi connectivity index (χ2n) is 6.22. The average Bonchev–Trinajstić information content (AvgIpc) is 3.11. The SMILES string of the molecule is CCCC(C)N(C)C(C)CC(C)(C#N)NC1CC1. The van der Waals surface area contributed by atoms with Gasteiger partial charge in [-0.2, -0.15) is 5.26 Å². The standard InChI is InChI=1S/C15H29N3/c1-6-7-12(2)18(5)13(3)10-15(4,11-16)17-14-8-9-14/h12-14,17H,6-10H2,1-5H3. The van der Waals surface area contributed by atoms with Crippen LogP contribution < -0.4 is 5.32 Å². The van der Waals surface area contributed by atoms with E-state index < -0.39 is 0 Å². The number of nitrogens with zero attached hydrogens (tertiary/aromatic N) is 2. The van der Waals surface area contributed by atoms with Crippen LogP contribution in [0.25, 0.3) is 0 Å². The maximum atomic E-state index is 9.40. The summed E-state index contributed by atoms with van der Waals surface area (Å²) in [5.41, 5.74) is -0.374. The molecule has 1 saturated carbocycles. The molecular formula is C15H29N3. The molecule has 0 saturated heterocycles. The smallest absolute Gasteiger partial charge is 0.105 e. The van der Waals surface area contributed by atoms with Gasteiger partial charge in [-0.05, 0) is 53.5 Å². The highest BCUT2D eigenvalue weighted by molar-refractivity contribution is 5.08. The van der Waals surface area contributed by atoms with Gasteiger partial charge in [0.05, 0.1) is 6.07 Å². The van der Waals surface area contributed by atoms with Gasteiger partial charge in [-0.15, -0.1) is 0 Å². The summed E-state index contributed by atoms with van der Waals surface area (Å²) in [5.74, 6) is 0. The highest BCUT2D eigenvalue weighted by Crippen LogP contribution is 2.25. The Labute approximate surface area is 113 Å². The van der Waals surface area contributed by atoms with E-state index in [9.17, 15) is 5.26 Å². The summed E-state index contributed by atoms with van der Waals surface area (Å²) in [6.07, 6.45) is 5.79. The van der Waals surface area contributed by atoms with Crippen LogP contribution in [-0.2, 0) is 0 Å². The Balaban J connectivity index is 2.49. The molecule has 3 heteroatoms. The third-order valence-electron chi connectivity index (χ3n) is 4.15. The first kappa shape index (κ1) is 15.5. The zero-order chi connectivity index (χ0) is 13.8. The van der Waals surface area contributed by atoms with E-state index in [0.29, 0.717) is 18.1 Å². The number of nitriles is 1. The van der Waals surface area contributed by atoms with Gasteiger partial charge in [0, 0.05) is 18.1 Å². The summed E-state index contributed by atoms with van der Waals surface area (Å²) in [6.45, 7) is 8.78. The van der Waals surface area contributed by atoms with Crippen molar-refractivity contribution in [3.05, 3.63) is 0 Å². The Hall–Kier alpha value is -0.590. The lowest BCUT2D eigenvalue weighted by Gasteiger charge is -2.35. The fourth-order valence-electron chi connectivity index (χ4n) is 2.61. The lowest BCUT2D eigenvalue weighted by atomic mass is 9.93. The van der Waals surface area contributed by atoms with Crippen LogP contribution >= 0.6 is 0 Å². The van der Waals surface area contributed by atoms with Crippen molar-refractivity contribution in [1.29, 1.82) is 5.26 Å². The van der Waals surface area contributed by atoms with E-state index in [1.165, 1.54) is 25.7 Å². The molecule has 0 bridgehead atoms. The molecule has 0 heterocycles. The van der Waals surface area contributed by atoms with Gasteiger partial charge in [0.1, 0.15) is 5.54 Å². The molecule has 0 aromatic carbocycles. The highest BCUT2D eigenvalue weighted by atomic mass is 15.2. The van der Waals surface area contributed by atoms with Crippen molar-refractivity contribution in [3.8, 4) is 6.07 Å². The van der Waals surface area contributed by atoms with Gasteiger partial charge in [-0.1, -0.05) is 13.3 Å². The van der Waals surface area contributed by atoms with E-state index in [1.807, 2.05) is 6.92 Å². The third kappa shape index (κ3) is 4.59. The summed E-state index contributed by atoms with van der Waals surface area (Å²) < 4.78 is 0. The van der Waals surface area contributed by atoms with E-state index in [-0.39, 0.29) is 5.54 Å². The average molecular weight is 251 g/mol. The molecule has 0 radical (unpaired) electrons. The van der Waals surface area contributed by atoms with Gasteiger partial charge in [0.2, 0.25) is 0 Å². The zero-order valence-corrected chi connectivity index (χ0v) is 12.7. The molecule has 1 aliphatic rings. The van der Waals surface area contributed by atoms with Crippen molar-refractivity contribution in [1.82, 2.24) is 10.2 Å². The molecule has 3 nitrogen and oxygen atoms in total. The van der Waals surface area contributed by atoms with Gasteiger partial charge in [-0.3, -0.25) is 5.32 Å². The van der Waals surface area contributed by atoms with Crippen LogP contribution in [0.1, 0.15) is 59.8 Å². The van der Waals surface area contributed by atoms with Crippen molar-refractivity contribution in [2.24, 2.45) is 0 Å². The Bertz CT molecular complexity index is 293. The number of hydrogen-bond acceptors (Lipinski definition) is 3. The molecule has 1 rings (SSSR count). The molecule has 0 spiro atoms. The molecule has 3 atom stereocenters. The quantitative estimate of drug-likeness (QED) is 0.721. The van der Waals surface area contributed by atoms with Crippen LogP contribution in [0.2, 0.25) is 0 Å². The summed E-state index contributed by atoms with van der Waals surface area (Å²) >= 11 is 0. The van der Waals surface area contributed by atoms with Crippen LogP contribution in [0.3, 0.4) is 0 Å². The van der Waals surface area contributed by atoms with Crippen LogP contribution in [0.4, 0.5) is 0 Å². The second-order valence-corrected chi connectivity index (χ2v) is 6.22. The number of nitrogens with one attached hydrogen (secondary N) is 1. The summed E-state index contributed by atoms with van der Waals surface area (Å²) in [4.78, 5) is 2.41. The van der Waals surface area contributed by atoms with Gasteiger partial charge >= 0.3 is 0 Å². The van der Waals surface area contributed by atoms with Gasteiger partial charge in [0.25, 0.3) is 0 Å². The summed E-state index contributed by atoms with van der Waals surface area (Å²) in [7, 11) is 2.18. The van der Waals surface area contributed by atoms with Crippen LogP contribution in [0, 0.1) is 11.3 Å². The van der Waals surface area contributed by atoms with Crippen LogP contribution in [-0.4, -0.2) is 35.6 Å². The maximum Gasteiger partial charge on any atom is 0.105 e. The maximum absolute atomic E-state index is 9.40. The molecule has 104 valence electrons. The van der Waals surface area contributed by atoms with Crippen molar-refractivity contribution in [2.75, 3.05) is 7.05 Å². The van der Waals surface area contributed by atoms with Crippen LogP contribution in [0.5, 0.6) is 0 Å². The molecule has 0 aromatic rings. The van der Waals surface area contributed by atoms with Gasteiger partial charge in [0.15, 0.2) is 0 Å². The molecule has 0 aromatic heterocycles. The van der Waals surface area contributed by atoms with Crippen molar-refractivity contribution in [2.45, 2.75) is 83.5 Å². The van der Waals surface area contributed by atoms with Gasteiger partial charge in [-0.25, -0.2) is 0 Å². The monoisotopic (exact) mass is 251 g/mol. The minimum atomic E-state index is -0.374. The first-order valence-corrected chi connectivity index (χ1v) is 7.32. The molecule has 3 unspecified atom stereocenters. The lowest BCUT2D eigenvalue weighted by molar-refractivity contribution is 0.158. The lowest BCUT2D eigenvalue weighted by Crippen LogP contribution is -2.48. The Morgan fingerprint density at radius 2 is 2.00 bits per heavy atom.